The average molecular weight is 688 g/mol. The molecule has 0 aliphatic heterocycles. The highest BCUT2D eigenvalue weighted by atomic mass is 15.1. The number of nitrogens with zero attached hydrogens (tertiary/aromatic N) is 1. The smallest absolute Gasteiger partial charge is 0.0714 e. The van der Waals surface area contributed by atoms with E-state index in [-0.39, 0.29) is 0 Å². The molecule has 1 heteroatoms. The van der Waals surface area contributed by atoms with Crippen molar-refractivity contribution >= 4 is 27.8 Å². The summed E-state index contributed by atoms with van der Waals surface area (Å²) in [5.41, 5.74) is 15.5. The lowest BCUT2D eigenvalue weighted by molar-refractivity contribution is 0.768. The van der Waals surface area contributed by atoms with Crippen LogP contribution in [-0.2, 0) is 5.41 Å². The molecule has 0 unspecified atom stereocenters. The highest BCUT2D eigenvalue weighted by Gasteiger charge is 2.47. The molecule has 0 bridgehead atoms. The summed E-state index contributed by atoms with van der Waals surface area (Å²) in [6.45, 7) is 0. The van der Waals surface area contributed by atoms with Crippen LogP contribution < -0.4 is 4.90 Å². The van der Waals surface area contributed by atoms with Crippen LogP contribution in [0, 0.1) is 0 Å². The van der Waals surface area contributed by atoms with Crippen LogP contribution in [0.15, 0.2) is 224 Å². The molecule has 0 saturated carbocycles. The number of hydrogen-bond donors (Lipinski definition) is 0. The SMILES string of the molecule is c1ccc(-c2cccc3cc(-c4ccc(N(c5ccccc5)c5cccc6c5-c5ccccc5C6(c5ccccc5)c5ccccc5)cc4)ccc23)cc1. The van der Waals surface area contributed by atoms with Crippen molar-refractivity contribution in [3.8, 4) is 33.4 Å². The van der Waals surface area contributed by atoms with Crippen LogP contribution >= 0.6 is 0 Å². The zero-order valence-electron chi connectivity index (χ0n) is 29.8. The molecule has 1 aliphatic rings. The number of hydrogen-bond acceptors (Lipinski definition) is 1. The van der Waals surface area contributed by atoms with E-state index in [1.807, 2.05) is 0 Å². The maximum Gasteiger partial charge on any atom is 0.0714 e. The molecule has 1 nitrogen and oxygen atoms in total. The first-order chi connectivity index (χ1) is 26.8. The molecule has 0 saturated heterocycles. The van der Waals surface area contributed by atoms with E-state index in [2.05, 4.69) is 229 Å². The average Bonchev–Trinajstić information content (AvgIpc) is 3.57. The topological polar surface area (TPSA) is 3.24 Å². The highest BCUT2D eigenvalue weighted by molar-refractivity contribution is 6.00. The van der Waals surface area contributed by atoms with Crippen molar-refractivity contribution in [2.24, 2.45) is 0 Å². The molecule has 0 atom stereocenters. The lowest BCUT2D eigenvalue weighted by atomic mass is 9.68. The molecule has 254 valence electrons. The third kappa shape index (κ3) is 5.09. The molecule has 0 N–H and O–H groups in total. The Bertz CT molecular complexity index is 2700. The van der Waals surface area contributed by atoms with E-state index in [0.717, 1.165) is 17.1 Å². The van der Waals surface area contributed by atoms with Gasteiger partial charge in [0.05, 0.1) is 11.1 Å². The van der Waals surface area contributed by atoms with E-state index in [0.29, 0.717) is 0 Å². The second-order valence-corrected chi connectivity index (χ2v) is 14.1. The Balaban J connectivity index is 1.13. The van der Waals surface area contributed by atoms with Crippen molar-refractivity contribution in [2.45, 2.75) is 5.41 Å². The fraction of sp³-hybridized carbons (Fsp3) is 0.0189. The molecule has 9 aromatic carbocycles. The summed E-state index contributed by atoms with van der Waals surface area (Å²) in [6, 6.07) is 81.9. The van der Waals surface area contributed by atoms with Crippen LogP contribution in [0.3, 0.4) is 0 Å². The predicted octanol–water partition coefficient (Wildman–Crippen LogP) is 14.0. The van der Waals surface area contributed by atoms with Crippen LogP contribution in [0.4, 0.5) is 17.1 Å². The van der Waals surface area contributed by atoms with Gasteiger partial charge in [0.15, 0.2) is 0 Å². The number of rotatable bonds is 7. The first-order valence-corrected chi connectivity index (χ1v) is 18.7. The molecule has 10 rings (SSSR count). The third-order valence-corrected chi connectivity index (χ3v) is 11.1. The summed E-state index contributed by atoms with van der Waals surface area (Å²) in [6.07, 6.45) is 0. The standard InChI is InChI=1S/C53H37N/c1-5-17-39(18-6-1)46-27-15-19-41-37-40(33-36-47(41)46)38-31-34-45(35-32-38)54(44-24-11-4-12-25-44)51-30-16-29-50-52(51)48-26-13-14-28-49(48)53(50,42-20-7-2-8-21-42)43-22-9-3-10-23-43/h1-37H. The van der Waals surface area contributed by atoms with Crippen LogP contribution in [0.5, 0.6) is 0 Å². The Labute approximate surface area is 317 Å². The quantitative estimate of drug-likeness (QED) is 0.161. The van der Waals surface area contributed by atoms with Gasteiger partial charge >= 0.3 is 0 Å². The third-order valence-electron chi connectivity index (χ3n) is 11.1. The Morgan fingerprint density at radius 1 is 0.333 bits per heavy atom. The van der Waals surface area contributed by atoms with E-state index < -0.39 is 5.41 Å². The summed E-state index contributed by atoms with van der Waals surface area (Å²) in [5.74, 6) is 0. The first kappa shape index (κ1) is 31.7. The fourth-order valence-electron chi connectivity index (χ4n) is 8.80. The van der Waals surface area contributed by atoms with Gasteiger partial charge < -0.3 is 4.90 Å². The summed E-state index contributed by atoms with van der Waals surface area (Å²) in [4.78, 5) is 2.43. The zero-order chi connectivity index (χ0) is 35.9. The molecule has 0 radical (unpaired) electrons. The number of benzene rings is 9. The van der Waals surface area contributed by atoms with Gasteiger partial charge in [-0.15, -0.1) is 0 Å². The molecule has 0 fully saturated rings. The van der Waals surface area contributed by atoms with Gasteiger partial charge in [-0.2, -0.15) is 0 Å². The van der Waals surface area contributed by atoms with Gasteiger partial charge in [-0.25, -0.2) is 0 Å². The van der Waals surface area contributed by atoms with Crippen LogP contribution in [0.2, 0.25) is 0 Å². The summed E-state index contributed by atoms with van der Waals surface area (Å²) >= 11 is 0. The van der Waals surface area contributed by atoms with Gasteiger partial charge in [0.25, 0.3) is 0 Å². The zero-order valence-corrected chi connectivity index (χ0v) is 29.8. The maximum absolute atomic E-state index is 2.43. The van der Waals surface area contributed by atoms with Crippen LogP contribution in [0.25, 0.3) is 44.2 Å². The number of fused-ring (bicyclic) bond motifs is 4. The second kappa shape index (κ2) is 13.2. The largest absolute Gasteiger partial charge is 0.310 e. The van der Waals surface area contributed by atoms with E-state index in [1.165, 1.54) is 66.4 Å². The van der Waals surface area contributed by atoms with Gasteiger partial charge in [-0.05, 0) is 97.2 Å². The Morgan fingerprint density at radius 2 is 0.870 bits per heavy atom. The molecule has 1 aliphatic carbocycles. The maximum atomic E-state index is 2.43. The van der Waals surface area contributed by atoms with Gasteiger partial charge in [0.2, 0.25) is 0 Å². The minimum Gasteiger partial charge on any atom is -0.310 e. The van der Waals surface area contributed by atoms with Crippen molar-refractivity contribution in [1.29, 1.82) is 0 Å². The summed E-state index contributed by atoms with van der Waals surface area (Å²) in [7, 11) is 0. The normalized spacial score (nSPS) is 12.6. The van der Waals surface area contributed by atoms with Crippen molar-refractivity contribution in [2.75, 3.05) is 4.90 Å². The minimum atomic E-state index is -0.465. The molecule has 0 heterocycles. The summed E-state index contributed by atoms with van der Waals surface area (Å²) < 4.78 is 0. The van der Waals surface area contributed by atoms with E-state index in [1.54, 1.807) is 0 Å². The monoisotopic (exact) mass is 687 g/mol. The minimum absolute atomic E-state index is 0.465. The second-order valence-electron chi connectivity index (χ2n) is 14.1. The van der Waals surface area contributed by atoms with Gasteiger partial charge in [0.1, 0.15) is 0 Å². The van der Waals surface area contributed by atoms with Crippen molar-refractivity contribution < 1.29 is 0 Å². The lowest BCUT2D eigenvalue weighted by Crippen LogP contribution is -2.28. The molecular weight excluding hydrogens is 651 g/mol. The number of para-hydroxylation sites is 1. The Kier molecular flexibility index (Phi) is 7.78. The predicted molar refractivity (Wildman–Crippen MR) is 227 cm³/mol. The van der Waals surface area contributed by atoms with Crippen molar-refractivity contribution in [3.05, 3.63) is 247 Å². The fourth-order valence-corrected chi connectivity index (χ4v) is 8.80. The molecule has 9 aromatic rings. The summed E-state index contributed by atoms with van der Waals surface area (Å²) in [5, 5.41) is 2.50. The van der Waals surface area contributed by atoms with E-state index >= 15 is 0 Å². The van der Waals surface area contributed by atoms with Gasteiger partial charge in [-0.1, -0.05) is 188 Å². The van der Waals surface area contributed by atoms with Gasteiger partial charge in [-0.3, -0.25) is 0 Å². The molecular formula is C53H37N. The van der Waals surface area contributed by atoms with Crippen LogP contribution in [-0.4, -0.2) is 0 Å². The lowest BCUT2D eigenvalue weighted by Gasteiger charge is -2.34. The van der Waals surface area contributed by atoms with E-state index in [9.17, 15) is 0 Å². The van der Waals surface area contributed by atoms with Crippen molar-refractivity contribution in [3.63, 3.8) is 0 Å². The molecule has 0 aromatic heterocycles. The number of anilines is 3. The highest BCUT2D eigenvalue weighted by Crippen LogP contribution is 2.59. The van der Waals surface area contributed by atoms with Gasteiger partial charge in [0, 0.05) is 16.9 Å². The Hall–Kier alpha value is -6.96. The van der Waals surface area contributed by atoms with E-state index in [4.69, 9.17) is 0 Å². The Morgan fingerprint density at radius 3 is 1.57 bits per heavy atom. The molecule has 0 amide bonds. The first-order valence-electron chi connectivity index (χ1n) is 18.7. The van der Waals surface area contributed by atoms with Crippen LogP contribution in [0.1, 0.15) is 22.3 Å². The molecule has 0 spiro atoms. The van der Waals surface area contributed by atoms with Crippen molar-refractivity contribution in [1.82, 2.24) is 0 Å². The molecule has 54 heavy (non-hydrogen) atoms.